The summed E-state index contributed by atoms with van der Waals surface area (Å²) < 4.78 is 0. The number of aliphatic hydroxyl groups is 1. The van der Waals surface area contributed by atoms with E-state index in [0.717, 1.165) is 17.8 Å². The molecule has 1 N–H and O–H groups in total. The van der Waals surface area contributed by atoms with Crippen molar-refractivity contribution in [1.29, 1.82) is 0 Å². The van der Waals surface area contributed by atoms with Crippen LogP contribution in [-0.2, 0) is 6.61 Å². The maximum absolute atomic E-state index is 9.42. The molecule has 2 nitrogen and oxygen atoms in total. The normalized spacial score (nSPS) is 19.1. The van der Waals surface area contributed by atoms with Crippen molar-refractivity contribution in [3.63, 3.8) is 0 Å². The van der Waals surface area contributed by atoms with Gasteiger partial charge in [0.25, 0.3) is 0 Å². The predicted octanol–water partition coefficient (Wildman–Crippen LogP) is 3.21. The molecule has 0 amide bonds. The van der Waals surface area contributed by atoms with Crippen LogP contribution in [0.3, 0.4) is 0 Å². The first kappa shape index (κ1) is 11.7. The van der Waals surface area contributed by atoms with Crippen molar-refractivity contribution in [1.82, 2.24) is 0 Å². The zero-order valence-corrected chi connectivity index (χ0v) is 10.6. The lowest BCUT2D eigenvalue weighted by Gasteiger charge is -2.35. The summed E-state index contributed by atoms with van der Waals surface area (Å²) in [6.07, 6.45) is 2.38. The quantitative estimate of drug-likeness (QED) is 0.857. The number of aliphatic hydroxyl groups excluding tert-OH is 1. The van der Waals surface area contributed by atoms with Crippen molar-refractivity contribution in [2.24, 2.45) is 0 Å². The van der Waals surface area contributed by atoms with Crippen LogP contribution in [-0.4, -0.2) is 17.2 Å². The molecule has 0 atom stereocenters. The van der Waals surface area contributed by atoms with Gasteiger partial charge in [-0.1, -0.05) is 17.7 Å². The number of nitrogens with zero attached hydrogens (tertiary/aromatic N) is 1. The Bertz CT molecular complexity index is 390. The van der Waals surface area contributed by atoms with Crippen molar-refractivity contribution in [3.05, 3.63) is 28.8 Å². The largest absolute Gasteiger partial charge is 0.392 e. The van der Waals surface area contributed by atoms with E-state index in [2.05, 4.69) is 18.7 Å². The Morgan fingerprint density at radius 1 is 1.44 bits per heavy atom. The summed E-state index contributed by atoms with van der Waals surface area (Å²) in [5.74, 6) is 0. The molecular weight excluding hydrogens is 222 g/mol. The standard InChI is InChI=1S/C13H18ClNO/c1-13(2)7-4-8-15(13)12-6-3-5-11(14)10(12)9-16/h3,5-6,16H,4,7-9H2,1-2H3. The van der Waals surface area contributed by atoms with E-state index in [1.165, 1.54) is 12.8 Å². The molecule has 1 aromatic rings. The topological polar surface area (TPSA) is 23.5 Å². The van der Waals surface area contributed by atoms with E-state index in [-0.39, 0.29) is 12.1 Å². The van der Waals surface area contributed by atoms with Crippen molar-refractivity contribution in [3.8, 4) is 0 Å². The Morgan fingerprint density at radius 2 is 2.19 bits per heavy atom. The SMILES string of the molecule is CC1(C)CCCN1c1cccc(Cl)c1CO. The van der Waals surface area contributed by atoms with Crippen molar-refractivity contribution in [2.75, 3.05) is 11.4 Å². The summed E-state index contributed by atoms with van der Waals surface area (Å²) in [5.41, 5.74) is 2.09. The Kier molecular flexibility index (Phi) is 3.13. The molecule has 0 spiro atoms. The van der Waals surface area contributed by atoms with Gasteiger partial charge in [0.15, 0.2) is 0 Å². The van der Waals surface area contributed by atoms with Crippen LogP contribution < -0.4 is 4.90 Å². The summed E-state index contributed by atoms with van der Waals surface area (Å²) in [6.45, 7) is 5.52. The zero-order chi connectivity index (χ0) is 11.8. The summed E-state index contributed by atoms with van der Waals surface area (Å²) >= 11 is 6.11. The summed E-state index contributed by atoms with van der Waals surface area (Å²) in [5, 5.41) is 10.1. The van der Waals surface area contributed by atoms with E-state index < -0.39 is 0 Å². The van der Waals surface area contributed by atoms with Crippen LogP contribution in [0.1, 0.15) is 32.3 Å². The fourth-order valence-electron chi connectivity index (χ4n) is 2.51. The average Bonchev–Trinajstić information content (AvgIpc) is 2.57. The first-order valence-corrected chi connectivity index (χ1v) is 6.10. The molecule has 0 saturated carbocycles. The Labute approximate surface area is 102 Å². The highest BCUT2D eigenvalue weighted by Crippen LogP contribution is 2.37. The minimum Gasteiger partial charge on any atom is -0.392 e. The molecule has 0 aromatic heterocycles. The molecule has 2 rings (SSSR count). The van der Waals surface area contributed by atoms with Crippen LogP contribution in [0, 0.1) is 0 Å². The van der Waals surface area contributed by atoms with Gasteiger partial charge in [0, 0.05) is 28.4 Å². The van der Waals surface area contributed by atoms with Gasteiger partial charge in [0.1, 0.15) is 0 Å². The fraction of sp³-hybridized carbons (Fsp3) is 0.538. The fourth-order valence-corrected chi connectivity index (χ4v) is 2.74. The number of hydrogen-bond donors (Lipinski definition) is 1. The third-order valence-corrected chi connectivity index (χ3v) is 3.80. The van der Waals surface area contributed by atoms with Crippen LogP contribution in [0.5, 0.6) is 0 Å². The molecule has 1 aliphatic heterocycles. The van der Waals surface area contributed by atoms with Crippen LogP contribution >= 0.6 is 11.6 Å². The van der Waals surface area contributed by atoms with E-state index in [1.54, 1.807) is 0 Å². The van der Waals surface area contributed by atoms with Gasteiger partial charge in [-0.15, -0.1) is 0 Å². The first-order valence-electron chi connectivity index (χ1n) is 5.72. The van der Waals surface area contributed by atoms with Gasteiger partial charge in [-0.2, -0.15) is 0 Å². The van der Waals surface area contributed by atoms with Gasteiger partial charge in [-0.05, 0) is 38.8 Å². The number of rotatable bonds is 2. The molecule has 16 heavy (non-hydrogen) atoms. The first-order chi connectivity index (χ1) is 7.56. The zero-order valence-electron chi connectivity index (χ0n) is 9.83. The summed E-state index contributed by atoms with van der Waals surface area (Å²) in [6, 6.07) is 5.83. The minimum atomic E-state index is 0.00157. The lowest BCUT2D eigenvalue weighted by Crippen LogP contribution is -2.38. The molecule has 0 bridgehead atoms. The van der Waals surface area contributed by atoms with Crippen LogP contribution in [0.2, 0.25) is 5.02 Å². The van der Waals surface area contributed by atoms with Gasteiger partial charge in [-0.25, -0.2) is 0 Å². The maximum atomic E-state index is 9.42. The van der Waals surface area contributed by atoms with Crippen molar-refractivity contribution in [2.45, 2.75) is 38.8 Å². The monoisotopic (exact) mass is 239 g/mol. The molecule has 3 heteroatoms. The summed E-state index contributed by atoms with van der Waals surface area (Å²) in [4.78, 5) is 2.35. The second-order valence-corrected chi connectivity index (χ2v) is 5.37. The molecule has 1 aliphatic rings. The lowest BCUT2D eigenvalue weighted by molar-refractivity contribution is 0.281. The predicted molar refractivity (Wildman–Crippen MR) is 68.0 cm³/mol. The smallest absolute Gasteiger partial charge is 0.0716 e. The van der Waals surface area contributed by atoms with Gasteiger partial charge in [0.2, 0.25) is 0 Å². The van der Waals surface area contributed by atoms with Crippen LogP contribution in [0.4, 0.5) is 5.69 Å². The van der Waals surface area contributed by atoms with Crippen molar-refractivity contribution >= 4 is 17.3 Å². The average molecular weight is 240 g/mol. The third kappa shape index (κ3) is 1.92. The second-order valence-electron chi connectivity index (χ2n) is 4.96. The van der Waals surface area contributed by atoms with E-state index in [4.69, 9.17) is 11.6 Å². The van der Waals surface area contributed by atoms with Gasteiger partial charge >= 0.3 is 0 Å². The molecule has 1 aromatic carbocycles. The number of benzene rings is 1. The van der Waals surface area contributed by atoms with E-state index in [1.807, 2.05) is 18.2 Å². The number of anilines is 1. The third-order valence-electron chi connectivity index (χ3n) is 3.44. The highest BCUT2D eigenvalue weighted by Gasteiger charge is 2.33. The highest BCUT2D eigenvalue weighted by atomic mass is 35.5. The molecule has 88 valence electrons. The Hall–Kier alpha value is -0.730. The molecule has 0 unspecified atom stereocenters. The molecule has 1 fully saturated rings. The number of hydrogen-bond acceptors (Lipinski definition) is 2. The molecule has 0 aliphatic carbocycles. The number of halogens is 1. The van der Waals surface area contributed by atoms with E-state index in [9.17, 15) is 5.11 Å². The van der Waals surface area contributed by atoms with Crippen molar-refractivity contribution < 1.29 is 5.11 Å². The second kappa shape index (κ2) is 4.27. The van der Waals surface area contributed by atoms with Gasteiger partial charge in [-0.3, -0.25) is 0 Å². The van der Waals surface area contributed by atoms with Crippen LogP contribution in [0.15, 0.2) is 18.2 Å². The Morgan fingerprint density at radius 3 is 2.75 bits per heavy atom. The van der Waals surface area contributed by atoms with E-state index >= 15 is 0 Å². The van der Waals surface area contributed by atoms with E-state index in [0.29, 0.717) is 5.02 Å². The molecule has 1 saturated heterocycles. The minimum absolute atomic E-state index is 0.00157. The summed E-state index contributed by atoms with van der Waals surface area (Å²) in [7, 11) is 0. The van der Waals surface area contributed by atoms with Crippen LogP contribution in [0.25, 0.3) is 0 Å². The van der Waals surface area contributed by atoms with Gasteiger partial charge in [0.05, 0.1) is 6.61 Å². The Balaban J connectivity index is 2.44. The lowest BCUT2D eigenvalue weighted by atomic mass is 10.0. The maximum Gasteiger partial charge on any atom is 0.0716 e. The highest BCUT2D eigenvalue weighted by molar-refractivity contribution is 6.31. The molecule has 0 radical (unpaired) electrons. The molecular formula is C13H18ClNO. The van der Waals surface area contributed by atoms with Gasteiger partial charge < -0.3 is 10.0 Å². The molecule has 1 heterocycles.